The molecule has 13 heteroatoms. The zero-order chi connectivity index (χ0) is 31.0. The van der Waals surface area contributed by atoms with Crippen LogP contribution in [0.1, 0.15) is 36.2 Å². The molecule has 0 aliphatic carbocycles. The Kier molecular flexibility index (Phi) is 7.70. The molecule has 1 unspecified atom stereocenters. The van der Waals surface area contributed by atoms with Gasteiger partial charge in [0.15, 0.2) is 12.0 Å². The van der Waals surface area contributed by atoms with E-state index in [1.165, 1.54) is 60.6 Å². The molecule has 0 spiro atoms. The van der Waals surface area contributed by atoms with Crippen molar-refractivity contribution in [1.29, 1.82) is 0 Å². The number of ether oxygens (including phenoxy) is 1. The minimum Gasteiger partial charge on any atom is -0.453 e. The van der Waals surface area contributed by atoms with Crippen molar-refractivity contribution < 1.29 is 23.4 Å². The predicted octanol–water partition coefficient (Wildman–Crippen LogP) is 4.46. The van der Waals surface area contributed by atoms with Crippen LogP contribution in [0.5, 0.6) is 0 Å². The number of nitrogens with one attached hydrogen (secondary N) is 1. The lowest BCUT2D eigenvalue weighted by Gasteiger charge is -2.30. The number of hydrogen-bond acceptors (Lipinski definition) is 8. The number of carbonyl (C=O) groups excluding carboxylic acids is 1. The first-order chi connectivity index (χ1) is 21.2. The molecule has 1 amide bonds. The molecule has 0 saturated carbocycles. The number of rotatable bonds is 6. The van der Waals surface area contributed by atoms with Crippen LogP contribution in [-0.2, 0) is 4.74 Å². The number of aliphatic hydroxyl groups excluding tert-OH is 1. The molecule has 1 aliphatic heterocycles. The van der Waals surface area contributed by atoms with Crippen LogP contribution < -0.4 is 16.6 Å². The number of aromatic nitrogens is 4. The average Bonchev–Trinajstić information content (AvgIpc) is 3.42. The van der Waals surface area contributed by atoms with Crippen LogP contribution in [0.3, 0.4) is 0 Å². The molecule has 0 radical (unpaired) electrons. The lowest BCUT2D eigenvalue weighted by Crippen LogP contribution is -2.38. The zero-order valence-electron chi connectivity index (χ0n) is 23.7. The molecule has 4 N–H and O–H groups in total. The lowest BCUT2D eigenvalue weighted by molar-refractivity contribution is 0.112. The summed E-state index contributed by atoms with van der Waals surface area (Å²) in [5, 5.41) is 18.0. The van der Waals surface area contributed by atoms with Crippen LogP contribution in [0.15, 0.2) is 78.0 Å². The molecule has 5 aromatic rings. The van der Waals surface area contributed by atoms with Gasteiger partial charge in [-0.3, -0.25) is 9.36 Å². The van der Waals surface area contributed by atoms with Gasteiger partial charge in [-0.1, -0.05) is 0 Å². The van der Waals surface area contributed by atoms with Crippen LogP contribution >= 0.6 is 0 Å². The minimum absolute atomic E-state index is 0.0209. The van der Waals surface area contributed by atoms with Gasteiger partial charge in [0, 0.05) is 53.4 Å². The van der Waals surface area contributed by atoms with Crippen LogP contribution in [0.25, 0.3) is 22.3 Å². The van der Waals surface area contributed by atoms with Gasteiger partial charge in [-0.2, -0.15) is 5.10 Å². The Hall–Kier alpha value is -5.30. The topological polar surface area (TPSA) is 140 Å². The van der Waals surface area contributed by atoms with Crippen LogP contribution in [-0.4, -0.2) is 55.5 Å². The summed E-state index contributed by atoms with van der Waals surface area (Å²) in [6.07, 6.45) is 2.35. The van der Waals surface area contributed by atoms with Crippen molar-refractivity contribution >= 4 is 23.1 Å². The van der Waals surface area contributed by atoms with Gasteiger partial charge in [0.25, 0.3) is 5.56 Å². The fraction of sp³-hybridized carbons (Fsp3) is 0.226. The summed E-state index contributed by atoms with van der Waals surface area (Å²) in [5.74, 6) is -0.810. The highest BCUT2D eigenvalue weighted by atomic mass is 19.1. The number of nitrogen functional groups attached to an aromatic ring is 1. The smallest absolute Gasteiger partial charge is 0.409 e. The number of likely N-dealkylation sites (tertiary alicyclic amines) is 1. The average molecular weight is 602 g/mol. The van der Waals surface area contributed by atoms with Gasteiger partial charge in [0.05, 0.1) is 12.7 Å². The maximum atomic E-state index is 15.7. The molecule has 1 saturated heterocycles. The molecular formula is C31H29F2N7O4. The first kappa shape index (κ1) is 28.8. The third-order valence-corrected chi connectivity index (χ3v) is 7.90. The molecule has 1 atom stereocenters. The molecule has 3 aromatic heterocycles. The van der Waals surface area contributed by atoms with Crippen molar-refractivity contribution in [3.63, 3.8) is 0 Å². The summed E-state index contributed by atoms with van der Waals surface area (Å²) < 4.78 is 36.9. The number of hydrogen-bond donors (Lipinski definition) is 3. The van der Waals surface area contributed by atoms with E-state index in [1.54, 1.807) is 27.6 Å². The van der Waals surface area contributed by atoms with E-state index in [-0.39, 0.29) is 34.6 Å². The molecule has 11 nitrogen and oxygen atoms in total. The molecule has 44 heavy (non-hydrogen) atoms. The van der Waals surface area contributed by atoms with Gasteiger partial charge in [-0.15, -0.1) is 0 Å². The van der Waals surface area contributed by atoms with Crippen LogP contribution in [0.4, 0.5) is 25.1 Å². The quantitative estimate of drug-likeness (QED) is 0.243. The van der Waals surface area contributed by atoms with Crippen molar-refractivity contribution in [1.82, 2.24) is 24.1 Å². The van der Waals surface area contributed by atoms with Crippen molar-refractivity contribution in [2.45, 2.75) is 25.0 Å². The summed E-state index contributed by atoms with van der Waals surface area (Å²) >= 11 is 0. The highest BCUT2D eigenvalue weighted by Gasteiger charge is 2.28. The summed E-state index contributed by atoms with van der Waals surface area (Å²) in [6, 6.07) is 14.6. The lowest BCUT2D eigenvalue weighted by atomic mass is 9.93. The number of methoxy groups -OCH3 is 1. The van der Waals surface area contributed by atoms with Crippen molar-refractivity contribution in [2.75, 3.05) is 31.2 Å². The number of anilines is 2. The van der Waals surface area contributed by atoms with Crippen LogP contribution in [0, 0.1) is 11.6 Å². The second-order valence-electron chi connectivity index (χ2n) is 10.5. The fourth-order valence-electron chi connectivity index (χ4n) is 5.66. The van der Waals surface area contributed by atoms with Crippen molar-refractivity contribution in [3.05, 3.63) is 106 Å². The fourth-order valence-corrected chi connectivity index (χ4v) is 5.66. The molecule has 1 fully saturated rings. The second-order valence-corrected chi connectivity index (χ2v) is 10.5. The first-order valence-electron chi connectivity index (χ1n) is 13.9. The Labute approximate surface area is 250 Å². The number of nitrogens with two attached hydrogens (primary N) is 1. The number of piperidine rings is 1. The maximum Gasteiger partial charge on any atom is 0.409 e. The Morgan fingerprint density at radius 1 is 1.09 bits per heavy atom. The summed E-state index contributed by atoms with van der Waals surface area (Å²) in [5.41, 5.74) is 8.45. The molecular weight excluding hydrogens is 572 g/mol. The number of benzene rings is 2. The van der Waals surface area contributed by atoms with Crippen molar-refractivity contribution in [3.8, 4) is 16.8 Å². The highest BCUT2D eigenvalue weighted by Crippen LogP contribution is 2.38. The third-order valence-electron chi connectivity index (χ3n) is 7.90. The minimum atomic E-state index is -1.46. The number of fused-ring (bicyclic) bond motifs is 1. The monoisotopic (exact) mass is 601 g/mol. The highest BCUT2D eigenvalue weighted by molar-refractivity contribution is 5.89. The van der Waals surface area contributed by atoms with E-state index in [1.807, 2.05) is 6.07 Å². The second kappa shape index (κ2) is 11.8. The number of carbonyl (C=O) groups is 1. The normalized spacial score (nSPS) is 14.5. The van der Waals surface area contributed by atoms with E-state index >= 15 is 4.39 Å². The van der Waals surface area contributed by atoms with Gasteiger partial charge in [-0.25, -0.2) is 23.1 Å². The van der Waals surface area contributed by atoms with E-state index in [0.29, 0.717) is 42.7 Å². The number of nitrogens with zero attached hydrogens (tertiary/aromatic N) is 5. The SMILES string of the molecule is COC(=O)N1CCC(c2cc(-c3ccc(NC(O)c4cccn(-c5ccc(F)cc5)c4=O)cc3F)c3c(N)ncnn23)CC1. The standard InChI is InChI=1S/C31H29F2N7O4/c1-44-31(43)38-13-10-18(11-14-38)26-16-24(27-28(34)35-17-36-40(26)27)22-9-6-20(15-25(22)33)37-29(41)23-3-2-12-39(30(23)42)21-7-4-19(32)5-8-21/h2-9,12,15-18,29,37,41H,10-11,13-14H2,1H3,(H2,34,35,36). The summed E-state index contributed by atoms with van der Waals surface area (Å²) in [4.78, 5) is 30.8. The molecule has 2 aromatic carbocycles. The van der Waals surface area contributed by atoms with E-state index in [9.17, 15) is 19.1 Å². The van der Waals surface area contributed by atoms with E-state index in [0.717, 1.165) is 5.69 Å². The number of halogens is 2. The first-order valence-corrected chi connectivity index (χ1v) is 13.9. The predicted molar refractivity (Wildman–Crippen MR) is 159 cm³/mol. The summed E-state index contributed by atoms with van der Waals surface area (Å²) in [6.45, 7) is 1.02. The van der Waals surface area contributed by atoms with Gasteiger partial charge in [0.1, 0.15) is 23.5 Å². The van der Waals surface area contributed by atoms with Gasteiger partial charge >= 0.3 is 6.09 Å². The van der Waals surface area contributed by atoms with E-state index < -0.39 is 23.4 Å². The Morgan fingerprint density at radius 2 is 1.84 bits per heavy atom. The number of aliphatic hydroxyl groups is 1. The van der Waals surface area contributed by atoms with Gasteiger partial charge in [0.2, 0.25) is 0 Å². The Bertz CT molecular complexity index is 1900. The van der Waals surface area contributed by atoms with Gasteiger partial charge in [-0.05, 0) is 73.5 Å². The Morgan fingerprint density at radius 3 is 2.55 bits per heavy atom. The van der Waals surface area contributed by atoms with Gasteiger partial charge < -0.3 is 25.8 Å². The van der Waals surface area contributed by atoms with Crippen LogP contribution in [0.2, 0.25) is 0 Å². The third kappa shape index (κ3) is 5.33. The van der Waals surface area contributed by atoms with E-state index in [4.69, 9.17) is 10.5 Å². The molecule has 6 rings (SSSR count). The van der Waals surface area contributed by atoms with Crippen molar-refractivity contribution in [2.24, 2.45) is 0 Å². The Balaban J connectivity index is 1.27. The molecule has 0 bridgehead atoms. The number of pyridine rings is 1. The largest absolute Gasteiger partial charge is 0.453 e. The molecule has 226 valence electrons. The van der Waals surface area contributed by atoms with E-state index in [2.05, 4.69) is 15.4 Å². The molecule has 1 aliphatic rings. The maximum absolute atomic E-state index is 15.7. The summed E-state index contributed by atoms with van der Waals surface area (Å²) in [7, 11) is 1.35. The number of amides is 1. The zero-order valence-corrected chi connectivity index (χ0v) is 23.7. The molecule has 4 heterocycles.